The van der Waals surface area contributed by atoms with Gasteiger partial charge in [-0.25, -0.2) is 70.4 Å². The first kappa shape index (κ1) is 112. The summed E-state index contributed by atoms with van der Waals surface area (Å²) in [5.41, 5.74) is 13.3. The van der Waals surface area contributed by atoms with Crippen LogP contribution in [0.15, 0.2) is 214 Å². The van der Waals surface area contributed by atoms with Gasteiger partial charge < -0.3 is 46.3 Å². The number of methoxy groups -OCH3 is 2. The van der Waals surface area contributed by atoms with Crippen LogP contribution in [0.2, 0.25) is 0 Å². The maximum atomic E-state index is 14.1. The van der Waals surface area contributed by atoms with Gasteiger partial charge in [0.2, 0.25) is 5.88 Å². The van der Waals surface area contributed by atoms with Gasteiger partial charge in [-0.3, -0.25) is 34.9 Å². The average molecular weight is 2060 g/mol. The second kappa shape index (κ2) is 51.4. The maximum Gasteiger partial charge on any atom is 0.435 e. The van der Waals surface area contributed by atoms with Gasteiger partial charge in [0.15, 0.2) is 22.8 Å². The molecule has 14 aromatic heterocycles. The maximum absolute atomic E-state index is 14.1. The zero-order chi connectivity index (χ0) is 107. The largest absolute Gasteiger partial charge is 0.480 e. The molecule has 0 radical (unpaired) electrons. The Morgan fingerprint density at radius 1 is 0.374 bits per heavy atom. The Bertz CT molecular complexity index is 6720. The van der Waals surface area contributed by atoms with Gasteiger partial charge in [-0.2, -0.15) is 57.1 Å². The number of hydrogen-bond acceptors (Lipinski definition) is 24. The van der Waals surface area contributed by atoms with Crippen molar-refractivity contribution in [3.63, 3.8) is 0 Å². The van der Waals surface area contributed by atoms with Crippen LogP contribution >= 0.6 is 0 Å². The second-order valence-electron chi connectivity index (χ2n) is 33.9. The summed E-state index contributed by atoms with van der Waals surface area (Å²) in [5, 5.41) is 6.01. The zero-order valence-corrected chi connectivity index (χ0v) is 80.3. The summed E-state index contributed by atoms with van der Waals surface area (Å²) < 4.78 is 277. The van der Waals surface area contributed by atoms with Crippen molar-refractivity contribution < 1.29 is 102 Å². The minimum Gasteiger partial charge on any atom is -0.480 e. The molecule has 2 aliphatic heterocycles. The normalized spacial score (nSPS) is 13.2. The third-order valence-corrected chi connectivity index (χ3v) is 22.4. The van der Waals surface area contributed by atoms with Crippen LogP contribution in [0.1, 0.15) is 150 Å². The van der Waals surface area contributed by atoms with Gasteiger partial charge in [0.1, 0.15) is 52.1 Å². The molecule has 0 amide bonds. The van der Waals surface area contributed by atoms with Crippen LogP contribution in [0.25, 0.3) is 78.8 Å². The minimum atomic E-state index is -4.59. The number of carbonyl (C=O) groups excluding carboxylic acids is 1. The number of nitrogens with two attached hydrogens (primary N) is 2. The van der Waals surface area contributed by atoms with Crippen LogP contribution in [-0.2, 0) is 35.1 Å². The molecule has 16 heterocycles. The number of esters is 1. The highest BCUT2D eigenvalue weighted by atomic mass is 19.4. The molecule has 3 aliphatic rings. The van der Waals surface area contributed by atoms with Crippen molar-refractivity contribution in [3.8, 4) is 84.7 Å². The predicted molar refractivity (Wildman–Crippen MR) is 518 cm³/mol. The molecule has 44 heteroatoms. The molecule has 14 aromatic rings. The smallest absolute Gasteiger partial charge is 0.435 e. The minimum absolute atomic E-state index is 0.000684. The molecule has 147 heavy (non-hydrogen) atoms. The lowest BCUT2D eigenvalue weighted by molar-refractivity contribution is -0.141. The van der Waals surface area contributed by atoms with Gasteiger partial charge in [0.05, 0.1) is 137 Å². The summed E-state index contributed by atoms with van der Waals surface area (Å²) in [5.74, 6) is -10.3. The average Bonchev–Trinajstić information content (AvgIpc) is 1.75. The van der Waals surface area contributed by atoms with Crippen LogP contribution in [0, 0.1) is 40.7 Å². The molecule has 0 bridgehead atoms. The van der Waals surface area contributed by atoms with Gasteiger partial charge >= 0.3 is 24.5 Å². The Morgan fingerprint density at radius 2 is 0.694 bits per heavy atom. The van der Waals surface area contributed by atoms with Crippen LogP contribution in [0.5, 0.6) is 5.88 Å². The Hall–Kier alpha value is -15.4. The first-order valence-corrected chi connectivity index (χ1v) is 46.0. The lowest BCUT2D eigenvalue weighted by Gasteiger charge is -2.30. The second-order valence-corrected chi connectivity index (χ2v) is 33.9. The summed E-state index contributed by atoms with van der Waals surface area (Å²) in [7, 11) is 6.04. The van der Waals surface area contributed by atoms with E-state index in [1.165, 1.54) is 131 Å². The number of alkyl halides is 13. The Labute approximate surface area is 832 Å². The van der Waals surface area contributed by atoms with Crippen molar-refractivity contribution in [2.24, 2.45) is 0 Å². The number of carbonyl (C=O) groups is 1. The van der Waals surface area contributed by atoms with E-state index in [-0.39, 0.29) is 91.0 Å². The number of nitrogens with one attached hydrogen (secondary N) is 2. The first-order valence-electron chi connectivity index (χ1n) is 46.0. The van der Waals surface area contributed by atoms with Gasteiger partial charge in [-0.05, 0) is 179 Å². The van der Waals surface area contributed by atoms with E-state index in [4.69, 9.17) is 16.2 Å². The number of halogens is 20. The first-order chi connectivity index (χ1) is 69.8. The number of rotatable bonds is 22. The van der Waals surface area contributed by atoms with Crippen LogP contribution in [-0.4, -0.2) is 143 Å². The molecule has 1 aliphatic carbocycles. The summed E-state index contributed by atoms with van der Waals surface area (Å²) in [4.78, 5) is 69.7. The lowest BCUT2D eigenvalue weighted by Crippen LogP contribution is -2.31. The van der Waals surface area contributed by atoms with Gasteiger partial charge in [0.25, 0.3) is 11.8 Å². The number of aromatic nitrogens is 14. The molecular weight excluding hydrogens is 1960 g/mol. The fourth-order valence-corrected chi connectivity index (χ4v) is 15.4. The third kappa shape index (κ3) is 32.5. The topological polar surface area (TPSA) is 302 Å². The molecule has 6 N–H and O–H groups in total. The highest BCUT2D eigenvalue weighted by Crippen LogP contribution is 2.43. The Balaban J connectivity index is 0.000000164. The number of anilines is 7. The zero-order valence-electron chi connectivity index (χ0n) is 80.3. The highest BCUT2D eigenvalue weighted by molar-refractivity contribution is 5.93. The molecule has 0 aromatic carbocycles. The van der Waals surface area contributed by atoms with Crippen molar-refractivity contribution in [2.45, 2.75) is 147 Å². The van der Waals surface area contributed by atoms with E-state index in [9.17, 15) is 92.6 Å². The lowest BCUT2D eigenvalue weighted by atomic mass is 9.95. The van der Waals surface area contributed by atoms with E-state index in [0.29, 0.717) is 89.3 Å². The summed E-state index contributed by atoms with van der Waals surface area (Å²) in [6.45, 7) is 6.49. The molecule has 2 saturated heterocycles. The van der Waals surface area contributed by atoms with Crippen molar-refractivity contribution in [1.82, 2.24) is 69.8 Å². The van der Waals surface area contributed by atoms with Crippen molar-refractivity contribution >= 4 is 45.8 Å². The van der Waals surface area contributed by atoms with E-state index in [1.54, 1.807) is 71.3 Å². The summed E-state index contributed by atoms with van der Waals surface area (Å²) in [6.07, 6.45) is 17.0. The summed E-state index contributed by atoms with van der Waals surface area (Å²) in [6, 6.07) is 29.9. The van der Waals surface area contributed by atoms with E-state index >= 15 is 0 Å². The number of unbranched alkanes of at least 4 members (excludes halogenated alkanes) is 3. The summed E-state index contributed by atoms with van der Waals surface area (Å²) >= 11 is 0. The van der Waals surface area contributed by atoms with Crippen LogP contribution < -0.4 is 41.5 Å². The number of nitrogen functional groups attached to an aromatic ring is 2. The Morgan fingerprint density at radius 3 is 1.05 bits per heavy atom. The molecule has 0 unspecified atom stereocenters. The standard InChI is InChI=1S/C18H20F3N3.C17H19F4N3.C16H15F4N3.C15H13F4N3.C14H14F3N3.C12H10FN3O2.C11H10FN3O/c1-18(20,21)17-16(23-14-5-3-2-4-6-14)8-7-15(24-17)12-9-13(19)11-22-10-12;1-2-3-4-5-8-23-15-7-6-14(24-16(15)17(19,20)21)12-9-13(18)11-22-10-12;17-12-8-11(9-21-10-12)13-4-5-14(15(22-13)16(18,19)20)23-6-2-1-3-7-23;16-11-7-10(8-20-9-11)12-3-4-13(22-5-1-2-6-22)14(21-12)15(17,18)19;1-14(16,17)13-12(20(2)3)5-4-11(19-13)9-6-10(15)8-18-7-9;1-18-12(17)11-9(14)2-3-10(16-11)7-4-8(13)6-15-5-7;1-16-11-9(13)2-3-10(15-11)7-4-8(12)6-14-5-7/h7-11,14,23H,2-6H2,1H3;6-7,9-11,23H,2-5,8H2,1H3;4-5,8-10H,1-3,6-7H2;3-4,7-9H,1-2,5-6H2;4-8H,1-3H3;2-6H,14H2,1H3;2-6H,13H2,1H3. The number of pyridine rings is 14. The van der Waals surface area contributed by atoms with Crippen LogP contribution in [0.4, 0.5) is 128 Å². The molecule has 0 spiro atoms. The highest BCUT2D eigenvalue weighted by Gasteiger charge is 2.41. The number of ether oxygens (including phenoxy) is 2. The molecule has 24 nitrogen and oxygen atoms in total. The van der Waals surface area contributed by atoms with Gasteiger partial charge in [-0.1, -0.05) is 45.4 Å². The number of piperidine rings is 1. The Kier molecular flexibility index (Phi) is 39.1. The SMILES string of the molecule is CC(F)(F)c1nc(-c2cncc(F)c2)ccc1NC1CCCCC1.CCCCCCNc1ccc(-c2cncc(F)c2)nc1C(F)(F)F.CN(C)c1ccc(-c2cncc(F)c2)nc1C(C)(F)F.COC(=O)c1nc(-c2cncc(F)c2)ccc1N.COc1nc(-c2cncc(F)c2)ccc1N.Fc1cncc(-c2ccc(N3CCCC3)c(C(F)(F)F)n2)c1.Fc1cncc(-c2ccc(N3CCCCC3)c(C(F)(F)F)n2)c1. The van der Waals surface area contributed by atoms with Crippen molar-refractivity contribution in [1.29, 1.82) is 0 Å². The molecule has 1 saturated carbocycles. The fourth-order valence-electron chi connectivity index (χ4n) is 15.4. The monoisotopic (exact) mass is 2060 g/mol. The number of nitrogens with zero attached hydrogens (tertiary/aromatic N) is 17. The van der Waals surface area contributed by atoms with E-state index in [1.807, 2.05) is 0 Å². The molecule has 0 atom stereocenters. The fraction of sp³-hybridized carbons (Fsp3) is 0.311. The third-order valence-electron chi connectivity index (χ3n) is 22.4. The van der Waals surface area contributed by atoms with Crippen molar-refractivity contribution in [2.75, 3.05) is 97.8 Å². The predicted octanol–water partition coefficient (Wildman–Crippen LogP) is 25.6. The number of hydrogen-bond donors (Lipinski definition) is 4. The molecular formula is C103H101F20N21O3. The van der Waals surface area contributed by atoms with Gasteiger partial charge in [-0.15, -0.1) is 0 Å². The van der Waals surface area contributed by atoms with Crippen LogP contribution in [0.3, 0.4) is 0 Å². The van der Waals surface area contributed by atoms with E-state index in [0.717, 1.165) is 159 Å². The van der Waals surface area contributed by atoms with E-state index < -0.39 is 94.1 Å². The van der Waals surface area contributed by atoms with E-state index in [2.05, 4.69) is 92.1 Å². The molecule has 776 valence electrons. The van der Waals surface area contributed by atoms with Crippen molar-refractivity contribution in [3.05, 3.63) is 289 Å². The quantitative estimate of drug-likeness (QED) is 0.0278. The molecule has 17 rings (SSSR count). The van der Waals surface area contributed by atoms with Gasteiger partial charge in [0, 0.05) is 149 Å². The molecule has 3 fully saturated rings.